The Morgan fingerprint density at radius 2 is 1.00 bits per heavy atom. The molecule has 134 valence electrons. The summed E-state index contributed by atoms with van der Waals surface area (Å²) in [4.78, 5) is 24.6. The van der Waals surface area contributed by atoms with Crippen molar-refractivity contribution in [3.63, 3.8) is 0 Å². The zero-order valence-corrected chi connectivity index (χ0v) is 15.5. The van der Waals surface area contributed by atoms with Crippen molar-refractivity contribution in [1.29, 1.82) is 0 Å². The molecule has 0 aliphatic carbocycles. The molecule has 0 saturated heterocycles. The van der Waals surface area contributed by atoms with E-state index in [-0.39, 0.29) is 11.1 Å². The molecule has 0 aromatic rings. The van der Waals surface area contributed by atoms with Crippen molar-refractivity contribution in [2.24, 2.45) is 0 Å². The highest BCUT2D eigenvalue weighted by molar-refractivity contribution is 5.99. The Kier molecular flexibility index (Phi) is 3.83. The van der Waals surface area contributed by atoms with Gasteiger partial charge in [-0.2, -0.15) is 0 Å². The highest BCUT2D eigenvalue weighted by Gasteiger charge is 2.59. The van der Waals surface area contributed by atoms with Crippen molar-refractivity contribution < 1.29 is 29.3 Å². The second kappa shape index (κ2) is 4.92. The van der Waals surface area contributed by atoms with Crippen molar-refractivity contribution in [2.75, 3.05) is 0 Å². The largest absolute Gasteiger partial charge is 0.452 e. The van der Waals surface area contributed by atoms with Crippen LogP contribution in [0.3, 0.4) is 0 Å². The van der Waals surface area contributed by atoms with E-state index in [0.717, 1.165) is 0 Å². The van der Waals surface area contributed by atoms with Gasteiger partial charge in [0.15, 0.2) is 0 Å². The molecular formula is C18H26O6. The maximum absolute atomic E-state index is 12.3. The number of aliphatic hydroxyl groups is 2. The van der Waals surface area contributed by atoms with Gasteiger partial charge in [-0.15, -0.1) is 0 Å². The molecule has 6 nitrogen and oxygen atoms in total. The van der Waals surface area contributed by atoms with Crippen LogP contribution in [0.5, 0.6) is 0 Å². The number of hydrogen-bond acceptors (Lipinski definition) is 6. The maximum atomic E-state index is 12.3. The molecule has 0 spiro atoms. The van der Waals surface area contributed by atoms with E-state index in [1.165, 1.54) is 13.8 Å². The highest BCUT2D eigenvalue weighted by Crippen LogP contribution is 2.47. The van der Waals surface area contributed by atoms with Gasteiger partial charge in [0.05, 0.1) is 11.1 Å². The van der Waals surface area contributed by atoms with E-state index in [1.807, 2.05) is 0 Å². The lowest BCUT2D eigenvalue weighted by Crippen LogP contribution is -2.55. The summed E-state index contributed by atoms with van der Waals surface area (Å²) < 4.78 is 10.6. The third-order valence-corrected chi connectivity index (χ3v) is 5.58. The van der Waals surface area contributed by atoms with Gasteiger partial charge in [-0.25, -0.2) is 9.59 Å². The molecule has 0 bridgehead atoms. The molecule has 2 aliphatic rings. The number of hydrogen-bond donors (Lipinski definition) is 2. The molecular weight excluding hydrogens is 312 g/mol. The van der Waals surface area contributed by atoms with Crippen LogP contribution in [0.1, 0.15) is 55.4 Å². The normalized spacial score (nSPS) is 27.8. The predicted octanol–water partition coefficient (Wildman–Crippen LogP) is 1.79. The lowest BCUT2D eigenvalue weighted by molar-refractivity contribution is -0.155. The van der Waals surface area contributed by atoms with Gasteiger partial charge in [-0.05, 0) is 66.5 Å². The van der Waals surface area contributed by atoms with Gasteiger partial charge in [0, 0.05) is 0 Å². The number of cyclic esters (lactones) is 2. The molecule has 6 heteroatoms. The van der Waals surface area contributed by atoms with Crippen molar-refractivity contribution in [3.05, 3.63) is 22.3 Å². The highest BCUT2D eigenvalue weighted by atomic mass is 16.6. The number of ether oxygens (including phenoxy) is 2. The molecule has 0 aromatic carbocycles. The predicted molar refractivity (Wildman–Crippen MR) is 87.0 cm³/mol. The van der Waals surface area contributed by atoms with E-state index in [4.69, 9.17) is 9.47 Å². The van der Waals surface area contributed by atoms with Crippen molar-refractivity contribution in [2.45, 2.75) is 77.8 Å². The minimum absolute atomic E-state index is 0.0321. The van der Waals surface area contributed by atoms with Crippen molar-refractivity contribution in [3.8, 4) is 0 Å². The molecule has 0 radical (unpaired) electrons. The van der Waals surface area contributed by atoms with Crippen LogP contribution < -0.4 is 0 Å². The van der Waals surface area contributed by atoms with E-state index in [2.05, 4.69) is 0 Å². The molecule has 24 heavy (non-hydrogen) atoms. The summed E-state index contributed by atoms with van der Waals surface area (Å²) in [7, 11) is 0. The first kappa shape index (κ1) is 18.7. The van der Waals surface area contributed by atoms with Crippen LogP contribution in [0.25, 0.3) is 0 Å². The lowest BCUT2D eigenvalue weighted by Gasteiger charge is -2.39. The topological polar surface area (TPSA) is 93.1 Å². The lowest BCUT2D eigenvalue weighted by atomic mass is 9.71. The molecule has 0 fully saturated rings. The van der Waals surface area contributed by atoms with E-state index >= 15 is 0 Å². The van der Waals surface area contributed by atoms with E-state index in [1.54, 1.807) is 41.5 Å². The smallest absolute Gasteiger partial charge is 0.338 e. The van der Waals surface area contributed by atoms with Crippen LogP contribution in [0, 0.1) is 0 Å². The summed E-state index contributed by atoms with van der Waals surface area (Å²) in [5, 5.41) is 22.3. The quantitative estimate of drug-likeness (QED) is 0.762. The third-order valence-electron chi connectivity index (χ3n) is 5.58. The Morgan fingerprint density at radius 1 is 0.750 bits per heavy atom. The van der Waals surface area contributed by atoms with Crippen LogP contribution in [-0.4, -0.2) is 44.6 Å². The minimum Gasteiger partial charge on any atom is -0.452 e. The third kappa shape index (κ3) is 2.31. The van der Waals surface area contributed by atoms with Gasteiger partial charge in [0.2, 0.25) is 0 Å². The van der Waals surface area contributed by atoms with Gasteiger partial charge in [-0.3, -0.25) is 0 Å². The maximum Gasteiger partial charge on any atom is 0.338 e. The second-order valence-corrected chi connectivity index (χ2v) is 7.94. The van der Waals surface area contributed by atoms with Crippen molar-refractivity contribution >= 4 is 11.9 Å². The minimum atomic E-state index is -2.03. The average Bonchev–Trinajstić information content (AvgIpc) is 2.68. The van der Waals surface area contributed by atoms with E-state index in [9.17, 15) is 19.8 Å². The number of esters is 2. The van der Waals surface area contributed by atoms with Crippen LogP contribution >= 0.6 is 0 Å². The molecule has 2 atom stereocenters. The zero-order valence-electron chi connectivity index (χ0n) is 15.5. The summed E-state index contributed by atoms with van der Waals surface area (Å²) in [6.45, 7) is 12.8. The van der Waals surface area contributed by atoms with E-state index in [0.29, 0.717) is 11.1 Å². The summed E-state index contributed by atoms with van der Waals surface area (Å²) in [5.74, 6) is -1.40. The summed E-state index contributed by atoms with van der Waals surface area (Å²) in [6, 6.07) is 0. The number of carbonyl (C=O) groups is 2. The number of rotatable bonds is 3. The molecule has 2 heterocycles. The van der Waals surface area contributed by atoms with Crippen LogP contribution in [0.15, 0.2) is 22.3 Å². The first-order chi connectivity index (χ1) is 10.6. The first-order valence-electron chi connectivity index (χ1n) is 7.92. The van der Waals surface area contributed by atoms with Crippen LogP contribution in [-0.2, 0) is 19.1 Å². The van der Waals surface area contributed by atoms with Gasteiger partial charge < -0.3 is 19.7 Å². The summed E-state index contributed by atoms with van der Waals surface area (Å²) >= 11 is 0. The van der Waals surface area contributed by atoms with Crippen LogP contribution in [0.4, 0.5) is 0 Å². The molecule has 0 saturated carbocycles. The molecule has 0 aromatic heterocycles. The molecule has 2 aliphatic heterocycles. The SMILES string of the molecule is CC1=C(C(C)(O)C(C)(O)C2=C(C)C(C)(C)OC2=O)C(=O)OC1(C)C. The Hall–Kier alpha value is -1.66. The monoisotopic (exact) mass is 338 g/mol. The fraction of sp³-hybridized carbons (Fsp3) is 0.667. The Balaban J connectivity index is 2.65. The fourth-order valence-electron chi connectivity index (χ4n) is 3.24. The van der Waals surface area contributed by atoms with Gasteiger partial charge in [0.25, 0.3) is 0 Å². The summed E-state index contributed by atoms with van der Waals surface area (Å²) in [6.07, 6.45) is 0. The molecule has 2 rings (SSSR count). The second-order valence-electron chi connectivity index (χ2n) is 7.94. The van der Waals surface area contributed by atoms with Gasteiger partial charge in [0.1, 0.15) is 22.4 Å². The molecule has 0 amide bonds. The average molecular weight is 338 g/mol. The molecule has 2 N–H and O–H groups in total. The number of carbonyl (C=O) groups excluding carboxylic acids is 2. The standard InChI is InChI=1S/C18H26O6/c1-9-11(13(19)23-15(9,3)4)17(7,21)18(8,22)12-10(2)16(5,6)24-14(12)20/h21-22H,1-8H3. The van der Waals surface area contributed by atoms with Crippen LogP contribution in [0.2, 0.25) is 0 Å². The van der Waals surface area contributed by atoms with Gasteiger partial charge >= 0.3 is 11.9 Å². The Labute approximate surface area is 142 Å². The summed E-state index contributed by atoms with van der Waals surface area (Å²) in [5.41, 5.74) is -4.86. The fourth-order valence-corrected chi connectivity index (χ4v) is 3.24. The Bertz CT molecular complexity index is 628. The zero-order chi connectivity index (χ0) is 18.9. The van der Waals surface area contributed by atoms with Gasteiger partial charge in [-0.1, -0.05) is 0 Å². The van der Waals surface area contributed by atoms with Crippen molar-refractivity contribution in [1.82, 2.24) is 0 Å². The van der Waals surface area contributed by atoms with E-state index < -0.39 is 34.3 Å². The molecule has 2 unspecified atom stereocenters. The Morgan fingerprint density at radius 3 is 1.17 bits per heavy atom. The first-order valence-corrected chi connectivity index (χ1v) is 7.92.